The van der Waals surface area contributed by atoms with Gasteiger partial charge in [0, 0.05) is 58.1 Å². The summed E-state index contributed by atoms with van der Waals surface area (Å²) in [5, 5.41) is 13.0. The first-order valence-corrected chi connectivity index (χ1v) is 9.39. The molecule has 0 amide bonds. The lowest BCUT2D eigenvalue weighted by Crippen LogP contribution is -2.05. The van der Waals surface area contributed by atoms with Crippen molar-refractivity contribution in [3.8, 4) is 28.1 Å². The molecule has 3 aromatic heterocycles. The van der Waals surface area contributed by atoms with Gasteiger partial charge in [0.05, 0.1) is 11.1 Å². The molecule has 0 radical (unpaired) electrons. The molecule has 0 bridgehead atoms. The predicted molar refractivity (Wildman–Crippen MR) is 109 cm³/mol. The van der Waals surface area contributed by atoms with Crippen LogP contribution in [-0.2, 0) is 13.0 Å². The van der Waals surface area contributed by atoms with Crippen molar-refractivity contribution >= 4 is 21.8 Å². The zero-order valence-electron chi connectivity index (χ0n) is 14.8. The van der Waals surface area contributed by atoms with Gasteiger partial charge < -0.3 is 19.6 Å². The average molecular weight is 353 g/mol. The first kappa shape index (κ1) is 14.7. The van der Waals surface area contributed by atoms with Gasteiger partial charge in [0.15, 0.2) is 5.88 Å². The summed E-state index contributed by atoms with van der Waals surface area (Å²) in [4.78, 5) is 6.37. The number of aryl methyl sites for hydroxylation is 2. The molecule has 4 heterocycles. The van der Waals surface area contributed by atoms with Gasteiger partial charge in [-0.3, -0.25) is 0 Å². The van der Waals surface area contributed by atoms with E-state index in [9.17, 15) is 5.11 Å². The summed E-state index contributed by atoms with van der Waals surface area (Å²) in [5.41, 5.74) is 7.91. The highest BCUT2D eigenvalue weighted by atomic mass is 16.3. The van der Waals surface area contributed by atoms with E-state index in [0.29, 0.717) is 0 Å². The molecule has 0 saturated carbocycles. The molecule has 0 saturated heterocycles. The maximum Gasteiger partial charge on any atom is 0.197 e. The van der Waals surface area contributed by atoms with Crippen molar-refractivity contribution in [1.82, 2.24) is 14.5 Å². The molecule has 1 aliphatic heterocycles. The zero-order chi connectivity index (χ0) is 18.0. The van der Waals surface area contributed by atoms with Gasteiger partial charge in [-0.05, 0) is 24.5 Å². The number of hydrogen-bond acceptors (Lipinski definition) is 1. The van der Waals surface area contributed by atoms with E-state index < -0.39 is 0 Å². The number of aromatic nitrogens is 3. The van der Waals surface area contributed by atoms with Crippen molar-refractivity contribution in [2.24, 2.45) is 0 Å². The van der Waals surface area contributed by atoms with Crippen LogP contribution >= 0.6 is 0 Å². The third-order valence-electron chi connectivity index (χ3n) is 5.84. The van der Waals surface area contributed by atoms with Crippen LogP contribution < -0.4 is 0 Å². The van der Waals surface area contributed by atoms with Gasteiger partial charge in [-0.15, -0.1) is 0 Å². The molecular weight excluding hydrogens is 334 g/mol. The topological polar surface area (TPSA) is 56.7 Å². The van der Waals surface area contributed by atoms with Crippen molar-refractivity contribution in [3.63, 3.8) is 0 Å². The Labute approximate surface area is 156 Å². The largest absolute Gasteiger partial charge is 0.494 e. The molecule has 6 rings (SSSR count). The Hall–Kier alpha value is -3.40. The van der Waals surface area contributed by atoms with Gasteiger partial charge in [-0.1, -0.05) is 36.4 Å². The molecule has 0 unspecified atom stereocenters. The van der Waals surface area contributed by atoms with E-state index in [1.807, 2.05) is 24.5 Å². The van der Waals surface area contributed by atoms with E-state index in [1.165, 1.54) is 28.5 Å². The fourth-order valence-electron chi connectivity index (χ4n) is 4.65. The smallest absolute Gasteiger partial charge is 0.197 e. The number of benzene rings is 2. The summed E-state index contributed by atoms with van der Waals surface area (Å²) in [6.45, 7) is 1.05. The lowest BCUT2D eigenvalue weighted by Gasteiger charge is -2.14. The van der Waals surface area contributed by atoms with Crippen LogP contribution in [-0.4, -0.2) is 19.6 Å². The number of nitrogens with zero attached hydrogens (tertiary/aromatic N) is 1. The first-order valence-electron chi connectivity index (χ1n) is 9.39. The van der Waals surface area contributed by atoms with Crippen LogP contribution in [0.3, 0.4) is 0 Å². The van der Waals surface area contributed by atoms with Crippen molar-refractivity contribution < 1.29 is 5.11 Å². The molecule has 27 heavy (non-hydrogen) atoms. The minimum atomic E-state index is 0.210. The number of aromatic hydroxyl groups is 1. The van der Waals surface area contributed by atoms with Crippen molar-refractivity contribution in [3.05, 3.63) is 66.6 Å². The van der Waals surface area contributed by atoms with Crippen molar-refractivity contribution in [1.29, 1.82) is 0 Å². The van der Waals surface area contributed by atoms with Crippen LogP contribution in [0.2, 0.25) is 0 Å². The Morgan fingerprint density at radius 3 is 2.67 bits per heavy atom. The molecule has 0 spiro atoms. The van der Waals surface area contributed by atoms with Crippen molar-refractivity contribution in [2.75, 3.05) is 0 Å². The normalized spacial score (nSPS) is 13.6. The maximum atomic E-state index is 10.7. The molecule has 0 aliphatic carbocycles. The number of hydrogen-bond donors (Lipinski definition) is 3. The molecule has 2 aromatic carbocycles. The molecule has 0 fully saturated rings. The number of rotatable bonds is 2. The number of H-pyrrole nitrogens is 2. The first-order chi connectivity index (χ1) is 13.3. The van der Waals surface area contributed by atoms with E-state index in [4.69, 9.17) is 0 Å². The third-order valence-corrected chi connectivity index (χ3v) is 5.84. The predicted octanol–water partition coefficient (Wildman–Crippen LogP) is 5.44. The van der Waals surface area contributed by atoms with Gasteiger partial charge in [-0.25, -0.2) is 0 Å². The lowest BCUT2D eigenvalue weighted by molar-refractivity contribution is 0.459. The van der Waals surface area contributed by atoms with E-state index in [-0.39, 0.29) is 5.88 Å². The number of para-hydroxylation sites is 2. The summed E-state index contributed by atoms with van der Waals surface area (Å²) in [7, 11) is 0. The van der Waals surface area contributed by atoms with Gasteiger partial charge in [0.1, 0.15) is 0 Å². The van der Waals surface area contributed by atoms with E-state index in [1.54, 1.807) is 0 Å². The molecule has 3 N–H and O–H groups in total. The number of nitrogens with one attached hydrogen (secondary N) is 2. The summed E-state index contributed by atoms with van der Waals surface area (Å²) >= 11 is 0. The number of aromatic amines is 2. The Morgan fingerprint density at radius 1 is 0.852 bits per heavy atom. The standard InChI is InChI=1S/C23H19N3O/c27-23-21(17-11-24-20-9-2-1-7-15(17)20)18(12-25-23)19-13-26-10-4-6-14-5-3-8-16(19)22(14)26/h1-3,5,7-9,11-13,24-25,27H,4,6,10H2. The van der Waals surface area contributed by atoms with Gasteiger partial charge in [0.2, 0.25) is 0 Å². The fraction of sp³-hybridized carbons (Fsp3) is 0.130. The highest BCUT2D eigenvalue weighted by Gasteiger charge is 2.22. The molecule has 1 aliphatic rings. The molecule has 0 atom stereocenters. The Balaban J connectivity index is 1.66. The van der Waals surface area contributed by atoms with Gasteiger partial charge >= 0.3 is 0 Å². The van der Waals surface area contributed by atoms with Crippen LogP contribution in [0.1, 0.15) is 12.0 Å². The summed E-state index contributed by atoms with van der Waals surface area (Å²) < 4.78 is 2.37. The Morgan fingerprint density at radius 2 is 1.70 bits per heavy atom. The fourth-order valence-corrected chi connectivity index (χ4v) is 4.65. The summed E-state index contributed by atoms with van der Waals surface area (Å²) in [6.07, 6.45) is 8.46. The maximum absolute atomic E-state index is 10.7. The highest BCUT2D eigenvalue weighted by Crippen LogP contribution is 2.45. The lowest BCUT2D eigenvalue weighted by atomic mass is 9.96. The van der Waals surface area contributed by atoms with E-state index in [2.05, 4.69) is 51.1 Å². The minimum absolute atomic E-state index is 0.210. The van der Waals surface area contributed by atoms with Crippen LogP contribution in [0.5, 0.6) is 5.88 Å². The molecule has 4 heteroatoms. The third kappa shape index (κ3) is 1.98. The minimum Gasteiger partial charge on any atom is -0.494 e. The SMILES string of the molecule is Oc1[nH]cc(-c2cn3c4c(cccc24)CCC3)c1-c1c[nH]c2ccccc12. The van der Waals surface area contributed by atoms with Crippen LogP contribution in [0.25, 0.3) is 44.1 Å². The van der Waals surface area contributed by atoms with E-state index >= 15 is 0 Å². The monoisotopic (exact) mass is 353 g/mol. The van der Waals surface area contributed by atoms with Gasteiger partial charge in [0.25, 0.3) is 0 Å². The molecule has 5 aromatic rings. The Bertz CT molecular complexity index is 1320. The molecule has 4 nitrogen and oxygen atoms in total. The van der Waals surface area contributed by atoms with Crippen LogP contribution in [0.15, 0.2) is 61.1 Å². The van der Waals surface area contributed by atoms with Crippen LogP contribution in [0, 0.1) is 0 Å². The summed E-state index contributed by atoms with van der Waals surface area (Å²) in [6, 6.07) is 14.8. The second kappa shape index (κ2) is 5.30. The number of fused-ring (bicyclic) bond motifs is 1. The van der Waals surface area contributed by atoms with E-state index in [0.717, 1.165) is 40.6 Å². The van der Waals surface area contributed by atoms with Crippen LogP contribution in [0.4, 0.5) is 0 Å². The molecular formula is C23H19N3O. The average Bonchev–Trinajstić information content (AvgIpc) is 3.38. The Kier molecular flexibility index (Phi) is 2.89. The van der Waals surface area contributed by atoms with Crippen molar-refractivity contribution in [2.45, 2.75) is 19.4 Å². The second-order valence-corrected chi connectivity index (χ2v) is 7.33. The molecule has 132 valence electrons. The highest BCUT2D eigenvalue weighted by molar-refractivity contribution is 6.06. The summed E-state index contributed by atoms with van der Waals surface area (Å²) in [5.74, 6) is 0.210. The zero-order valence-corrected chi connectivity index (χ0v) is 14.8. The quantitative estimate of drug-likeness (QED) is 0.389. The second-order valence-electron chi connectivity index (χ2n) is 7.33. The van der Waals surface area contributed by atoms with Gasteiger partial charge in [-0.2, -0.15) is 0 Å².